The average Bonchev–Trinajstić information content (AvgIpc) is 1.98. The summed E-state index contributed by atoms with van der Waals surface area (Å²) in [7, 11) is 3.66. The van der Waals surface area contributed by atoms with E-state index in [1.807, 2.05) is 34.9 Å². The van der Waals surface area contributed by atoms with Gasteiger partial charge in [0.15, 0.2) is 6.54 Å². The monoisotopic (exact) mass is 231 g/mol. The molecule has 0 bridgehead atoms. The second kappa shape index (κ2) is 5.30. The standard InChI is InChI=1S/C11H22N2O3/c1-11(2,3)10(16)12-6-7-13(4,5)8-9(14)15/h6-8H2,1-5H3,(H-,12,14,15,16)/p+1. The molecule has 0 aromatic heterocycles. The summed E-state index contributed by atoms with van der Waals surface area (Å²) in [5.41, 5.74) is -0.399. The molecule has 0 saturated carbocycles. The Hall–Kier alpha value is -1.10. The molecule has 0 aliphatic carbocycles. The highest BCUT2D eigenvalue weighted by Crippen LogP contribution is 2.12. The summed E-state index contributed by atoms with van der Waals surface area (Å²) in [6, 6.07) is 0. The molecule has 0 aliphatic rings. The number of rotatable bonds is 5. The highest BCUT2D eigenvalue weighted by atomic mass is 16.4. The number of nitrogens with zero attached hydrogens (tertiary/aromatic N) is 1. The summed E-state index contributed by atoms with van der Waals surface area (Å²) in [4.78, 5) is 22.1. The van der Waals surface area contributed by atoms with Gasteiger partial charge in [-0.3, -0.25) is 4.79 Å². The van der Waals surface area contributed by atoms with Gasteiger partial charge in [0.05, 0.1) is 27.2 Å². The van der Waals surface area contributed by atoms with Gasteiger partial charge in [0.2, 0.25) is 5.91 Å². The summed E-state index contributed by atoms with van der Waals surface area (Å²) >= 11 is 0. The molecule has 0 rings (SSSR count). The van der Waals surface area contributed by atoms with Crippen LogP contribution in [0.25, 0.3) is 0 Å². The highest BCUT2D eigenvalue weighted by molar-refractivity contribution is 5.81. The van der Waals surface area contributed by atoms with E-state index in [1.165, 1.54) is 0 Å². The molecule has 0 saturated heterocycles. The smallest absolute Gasteiger partial charge is 0.359 e. The van der Waals surface area contributed by atoms with E-state index in [4.69, 9.17) is 5.11 Å². The molecule has 0 atom stereocenters. The molecule has 94 valence electrons. The van der Waals surface area contributed by atoms with Crippen molar-refractivity contribution in [1.29, 1.82) is 0 Å². The lowest BCUT2D eigenvalue weighted by Crippen LogP contribution is -2.49. The van der Waals surface area contributed by atoms with E-state index in [0.29, 0.717) is 17.6 Å². The van der Waals surface area contributed by atoms with E-state index in [-0.39, 0.29) is 12.5 Å². The molecule has 0 aliphatic heterocycles. The number of hydrogen-bond donors (Lipinski definition) is 2. The number of hydrogen-bond acceptors (Lipinski definition) is 2. The minimum Gasteiger partial charge on any atom is -0.477 e. The van der Waals surface area contributed by atoms with Crippen LogP contribution < -0.4 is 5.32 Å². The topological polar surface area (TPSA) is 66.4 Å². The van der Waals surface area contributed by atoms with Crippen molar-refractivity contribution in [3.05, 3.63) is 0 Å². The van der Waals surface area contributed by atoms with E-state index in [2.05, 4.69) is 5.32 Å². The fourth-order valence-electron chi connectivity index (χ4n) is 1.18. The Bertz CT molecular complexity index is 267. The number of carbonyl (C=O) groups is 2. The maximum atomic E-state index is 11.5. The normalized spacial score (nSPS) is 12.3. The van der Waals surface area contributed by atoms with Gasteiger partial charge in [0.25, 0.3) is 0 Å². The van der Waals surface area contributed by atoms with Gasteiger partial charge in [-0.15, -0.1) is 0 Å². The van der Waals surface area contributed by atoms with Crippen LogP contribution in [0, 0.1) is 5.41 Å². The number of amides is 1. The van der Waals surface area contributed by atoms with Gasteiger partial charge in [-0.1, -0.05) is 20.8 Å². The lowest BCUT2D eigenvalue weighted by atomic mass is 9.96. The number of carboxylic acids is 1. The Morgan fingerprint density at radius 2 is 1.75 bits per heavy atom. The van der Waals surface area contributed by atoms with Crippen molar-refractivity contribution < 1.29 is 19.2 Å². The molecular weight excluding hydrogens is 208 g/mol. The second-order valence-electron chi connectivity index (χ2n) is 5.72. The molecule has 2 N–H and O–H groups in total. The summed E-state index contributed by atoms with van der Waals surface area (Å²) in [5.74, 6) is -0.838. The van der Waals surface area contributed by atoms with Crippen LogP contribution in [0.1, 0.15) is 20.8 Å². The Morgan fingerprint density at radius 1 is 1.25 bits per heavy atom. The molecule has 0 aromatic carbocycles. The van der Waals surface area contributed by atoms with Gasteiger partial charge >= 0.3 is 5.97 Å². The molecule has 5 heteroatoms. The maximum Gasteiger partial charge on any atom is 0.359 e. The first-order chi connectivity index (χ1) is 7.04. The van der Waals surface area contributed by atoms with E-state index >= 15 is 0 Å². The Morgan fingerprint density at radius 3 is 2.12 bits per heavy atom. The fraction of sp³-hybridized carbons (Fsp3) is 0.818. The molecule has 16 heavy (non-hydrogen) atoms. The van der Waals surface area contributed by atoms with Gasteiger partial charge in [0.1, 0.15) is 0 Å². The zero-order chi connectivity index (χ0) is 13.0. The van der Waals surface area contributed by atoms with Crippen molar-refractivity contribution >= 4 is 11.9 Å². The van der Waals surface area contributed by atoms with Crippen LogP contribution in [0.4, 0.5) is 0 Å². The number of likely N-dealkylation sites (N-methyl/N-ethyl adjacent to an activating group) is 1. The van der Waals surface area contributed by atoms with E-state index in [9.17, 15) is 9.59 Å². The third-order valence-corrected chi connectivity index (χ3v) is 2.25. The SMILES string of the molecule is CC(C)(C)C(=O)NCC[N+](C)(C)CC(=O)O. The fourth-order valence-corrected chi connectivity index (χ4v) is 1.18. The summed E-state index contributed by atoms with van der Waals surface area (Å²) in [6.45, 7) is 6.70. The average molecular weight is 231 g/mol. The summed E-state index contributed by atoms with van der Waals surface area (Å²) in [6.07, 6.45) is 0. The molecule has 0 heterocycles. The number of carboxylic acid groups (broad SMARTS) is 1. The van der Waals surface area contributed by atoms with Crippen LogP contribution in [0.5, 0.6) is 0 Å². The van der Waals surface area contributed by atoms with E-state index in [0.717, 1.165) is 0 Å². The first-order valence-electron chi connectivity index (χ1n) is 5.37. The van der Waals surface area contributed by atoms with Gasteiger partial charge < -0.3 is 14.9 Å². The van der Waals surface area contributed by atoms with Crippen molar-refractivity contribution in [1.82, 2.24) is 5.32 Å². The van der Waals surface area contributed by atoms with Gasteiger partial charge in [-0.05, 0) is 0 Å². The van der Waals surface area contributed by atoms with Crippen molar-refractivity contribution in [3.8, 4) is 0 Å². The lowest BCUT2D eigenvalue weighted by Gasteiger charge is -2.28. The largest absolute Gasteiger partial charge is 0.477 e. The van der Waals surface area contributed by atoms with Crippen molar-refractivity contribution in [2.75, 3.05) is 33.7 Å². The predicted octanol–water partition coefficient (Wildman–Crippen LogP) is 0.310. The van der Waals surface area contributed by atoms with Crippen LogP contribution >= 0.6 is 0 Å². The summed E-state index contributed by atoms with van der Waals surface area (Å²) < 4.78 is 0.361. The molecule has 0 fully saturated rings. The zero-order valence-electron chi connectivity index (χ0n) is 10.8. The third-order valence-electron chi connectivity index (χ3n) is 2.25. The number of quaternary nitrogens is 1. The number of carbonyl (C=O) groups excluding carboxylic acids is 1. The first kappa shape index (κ1) is 14.9. The van der Waals surface area contributed by atoms with E-state index in [1.54, 1.807) is 0 Å². The van der Waals surface area contributed by atoms with Gasteiger partial charge in [0, 0.05) is 5.41 Å². The van der Waals surface area contributed by atoms with E-state index < -0.39 is 11.4 Å². The molecular formula is C11H23N2O3+. The number of aliphatic carboxylic acids is 1. The molecule has 5 nitrogen and oxygen atoms in total. The highest BCUT2D eigenvalue weighted by Gasteiger charge is 2.23. The van der Waals surface area contributed by atoms with Crippen LogP contribution in [0.15, 0.2) is 0 Å². The molecule has 0 aromatic rings. The van der Waals surface area contributed by atoms with Crippen molar-refractivity contribution in [3.63, 3.8) is 0 Å². The van der Waals surface area contributed by atoms with Crippen LogP contribution in [0.2, 0.25) is 0 Å². The summed E-state index contributed by atoms with van der Waals surface area (Å²) in [5, 5.41) is 11.5. The Kier molecular flexibility index (Phi) is 4.93. The molecule has 0 spiro atoms. The molecule has 0 unspecified atom stereocenters. The minimum absolute atomic E-state index is 0.0113. The van der Waals surface area contributed by atoms with Gasteiger partial charge in [-0.25, -0.2) is 4.79 Å². The number of nitrogens with one attached hydrogen (secondary N) is 1. The maximum absolute atomic E-state index is 11.5. The zero-order valence-corrected chi connectivity index (χ0v) is 10.8. The predicted molar refractivity (Wildman–Crippen MR) is 61.9 cm³/mol. The first-order valence-corrected chi connectivity index (χ1v) is 5.37. The molecule has 0 radical (unpaired) electrons. The van der Waals surface area contributed by atoms with Crippen LogP contribution in [-0.2, 0) is 9.59 Å². The Labute approximate surface area is 97.0 Å². The van der Waals surface area contributed by atoms with Crippen molar-refractivity contribution in [2.45, 2.75) is 20.8 Å². The Balaban J connectivity index is 3.99. The third kappa shape index (κ3) is 6.40. The van der Waals surface area contributed by atoms with Gasteiger partial charge in [-0.2, -0.15) is 0 Å². The van der Waals surface area contributed by atoms with Crippen LogP contribution in [0.3, 0.4) is 0 Å². The quantitative estimate of drug-likeness (QED) is 0.669. The van der Waals surface area contributed by atoms with Crippen LogP contribution in [-0.4, -0.2) is 55.2 Å². The lowest BCUT2D eigenvalue weighted by molar-refractivity contribution is -0.881. The minimum atomic E-state index is -0.827. The second-order valence-corrected chi connectivity index (χ2v) is 5.72. The molecule has 1 amide bonds. The van der Waals surface area contributed by atoms with Crippen molar-refractivity contribution in [2.24, 2.45) is 5.41 Å².